The minimum atomic E-state index is -0.574. The Balaban J connectivity index is 1.76. The normalized spacial score (nSPS) is 16.9. The van der Waals surface area contributed by atoms with E-state index in [9.17, 15) is 9.59 Å². The second-order valence-electron chi connectivity index (χ2n) is 5.36. The van der Waals surface area contributed by atoms with E-state index in [1.54, 1.807) is 18.2 Å². The number of likely N-dealkylation sites (tertiary alicyclic amines) is 1. The van der Waals surface area contributed by atoms with E-state index in [-0.39, 0.29) is 17.5 Å². The summed E-state index contributed by atoms with van der Waals surface area (Å²) in [6, 6.07) is 4.25. The first-order valence-corrected chi connectivity index (χ1v) is 8.15. The number of carbonyl (C=O) groups is 2. The summed E-state index contributed by atoms with van der Waals surface area (Å²) in [5.74, 6) is -0.605. The second kappa shape index (κ2) is 7.15. The summed E-state index contributed by atoms with van der Waals surface area (Å²) in [4.78, 5) is 34.5. The zero-order valence-electron chi connectivity index (χ0n) is 12.6. The van der Waals surface area contributed by atoms with E-state index in [2.05, 4.69) is 15.3 Å². The van der Waals surface area contributed by atoms with Crippen LogP contribution in [0.2, 0.25) is 10.0 Å². The van der Waals surface area contributed by atoms with Crippen LogP contribution in [-0.4, -0.2) is 39.3 Å². The third-order valence-electron chi connectivity index (χ3n) is 3.78. The maximum atomic E-state index is 12.6. The van der Waals surface area contributed by atoms with Gasteiger partial charge in [0.25, 0.3) is 5.91 Å². The molecule has 0 bridgehead atoms. The van der Waals surface area contributed by atoms with E-state index < -0.39 is 6.04 Å². The smallest absolute Gasteiger partial charge is 0.274 e. The highest BCUT2D eigenvalue weighted by Gasteiger charge is 2.35. The molecular formula is C16H14Cl2N4O2. The predicted molar refractivity (Wildman–Crippen MR) is 91.2 cm³/mol. The highest BCUT2D eigenvalue weighted by molar-refractivity contribution is 6.35. The molecule has 1 aromatic carbocycles. The molecule has 0 aliphatic carbocycles. The molecule has 1 fully saturated rings. The van der Waals surface area contributed by atoms with Crippen LogP contribution in [0.25, 0.3) is 0 Å². The van der Waals surface area contributed by atoms with Gasteiger partial charge in [0.2, 0.25) is 5.91 Å². The summed E-state index contributed by atoms with van der Waals surface area (Å²) in [5.41, 5.74) is 0.644. The number of nitrogens with zero attached hydrogens (tertiary/aromatic N) is 3. The van der Waals surface area contributed by atoms with Crippen molar-refractivity contribution in [3.8, 4) is 0 Å². The van der Waals surface area contributed by atoms with Gasteiger partial charge in [-0.3, -0.25) is 14.6 Å². The maximum absolute atomic E-state index is 12.6. The summed E-state index contributed by atoms with van der Waals surface area (Å²) in [6.07, 6.45) is 5.66. The van der Waals surface area contributed by atoms with Gasteiger partial charge in [0.15, 0.2) is 0 Å². The highest BCUT2D eigenvalue weighted by atomic mass is 35.5. The topological polar surface area (TPSA) is 75.2 Å². The molecule has 2 amide bonds. The van der Waals surface area contributed by atoms with Crippen LogP contribution in [0.15, 0.2) is 36.8 Å². The van der Waals surface area contributed by atoms with Crippen molar-refractivity contribution in [3.63, 3.8) is 0 Å². The van der Waals surface area contributed by atoms with Crippen molar-refractivity contribution in [3.05, 3.63) is 52.5 Å². The third-order valence-corrected chi connectivity index (χ3v) is 4.35. The lowest BCUT2D eigenvalue weighted by Gasteiger charge is -2.23. The largest absolute Gasteiger partial charge is 0.325 e. The summed E-state index contributed by atoms with van der Waals surface area (Å²) >= 11 is 12.0. The lowest BCUT2D eigenvalue weighted by atomic mass is 10.2. The number of nitrogens with one attached hydrogen (secondary N) is 1. The Kier molecular flexibility index (Phi) is 4.97. The Morgan fingerprint density at radius 3 is 2.83 bits per heavy atom. The van der Waals surface area contributed by atoms with E-state index in [1.165, 1.54) is 23.5 Å². The van der Waals surface area contributed by atoms with Crippen LogP contribution < -0.4 is 5.32 Å². The lowest BCUT2D eigenvalue weighted by molar-refractivity contribution is -0.119. The Morgan fingerprint density at radius 1 is 1.25 bits per heavy atom. The standard InChI is InChI=1S/C16H14Cl2N4O2/c17-10-3-4-11(18)12(8-10)21-15(23)14-2-1-7-22(14)16(24)13-9-19-5-6-20-13/h3-6,8-9,14H,1-2,7H2,(H,21,23)/t14-/m1/s1. The molecule has 3 rings (SSSR count). The van der Waals surface area contributed by atoms with Crippen LogP contribution in [0, 0.1) is 0 Å². The highest BCUT2D eigenvalue weighted by Crippen LogP contribution is 2.27. The van der Waals surface area contributed by atoms with Gasteiger partial charge in [0.05, 0.1) is 16.9 Å². The van der Waals surface area contributed by atoms with Gasteiger partial charge in [-0.05, 0) is 31.0 Å². The Hall–Kier alpha value is -2.18. The second-order valence-corrected chi connectivity index (χ2v) is 6.20. The van der Waals surface area contributed by atoms with Crippen LogP contribution in [-0.2, 0) is 4.79 Å². The number of benzene rings is 1. The lowest BCUT2D eigenvalue weighted by Crippen LogP contribution is -2.43. The first-order valence-electron chi connectivity index (χ1n) is 7.39. The van der Waals surface area contributed by atoms with Gasteiger partial charge in [-0.25, -0.2) is 4.98 Å². The van der Waals surface area contributed by atoms with Crippen molar-refractivity contribution in [2.45, 2.75) is 18.9 Å². The molecule has 2 heterocycles. The molecule has 8 heteroatoms. The Morgan fingerprint density at radius 2 is 2.08 bits per heavy atom. The van der Waals surface area contributed by atoms with Crippen molar-refractivity contribution < 1.29 is 9.59 Å². The number of amides is 2. The molecule has 1 atom stereocenters. The molecule has 124 valence electrons. The predicted octanol–water partition coefficient (Wildman–Crippen LogP) is 3.03. The first-order chi connectivity index (χ1) is 11.6. The molecule has 2 aromatic rings. The van der Waals surface area contributed by atoms with Crippen molar-refractivity contribution >= 4 is 40.7 Å². The summed E-state index contributed by atoms with van der Waals surface area (Å²) in [6.45, 7) is 0.497. The SMILES string of the molecule is O=C(Nc1cc(Cl)ccc1Cl)[C@H]1CCCN1C(=O)c1cnccn1. The zero-order chi connectivity index (χ0) is 17.1. The number of halogens is 2. The van der Waals surface area contributed by atoms with Gasteiger partial charge in [0, 0.05) is 24.0 Å². The number of hydrogen-bond donors (Lipinski definition) is 1. The molecule has 0 unspecified atom stereocenters. The average Bonchev–Trinajstić information content (AvgIpc) is 3.08. The molecule has 0 saturated carbocycles. The van der Waals surface area contributed by atoms with Crippen LogP contribution in [0.4, 0.5) is 5.69 Å². The number of hydrogen-bond acceptors (Lipinski definition) is 4. The molecular weight excluding hydrogens is 351 g/mol. The molecule has 1 aliphatic heterocycles. The molecule has 24 heavy (non-hydrogen) atoms. The fraction of sp³-hybridized carbons (Fsp3) is 0.250. The maximum Gasteiger partial charge on any atom is 0.274 e. The zero-order valence-corrected chi connectivity index (χ0v) is 14.1. The Bertz CT molecular complexity index is 770. The number of carbonyl (C=O) groups excluding carboxylic acids is 2. The summed E-state index contributed by atoms with van der Waals surface area (Å²) in [7, 11) is 0. The summed E-state index contributed by atoms with van der Waals surface area (Å²) in [5, 5.41) is 3.60. The Labute approximate surface area is 148 Å². The fourth-order valence-electron chi connectivity index (χ4n) is 2.65. The fourth-order valence-corrected chi connectivity index (χ4v) is 2.99. The van der Waals surface area contributed by atoms with E-state index in [1.807, 2.05) is 0 Å². The van der Waals surface area contributed by atoms with E-state index >= 15 is 0 Å². The van der Waals surface area contributed by atoms with Crippen LogP contribution in [0.3, 0.4) is 0 Å². The van der Waals surface area contributed by atoms with Crippen molar-refractivity contribution in [1.82, 2.24) is 14.9 Å². The molecule has 1 N–H and O–H groups in total. The van der Waals surface area contributed by atoms with Crippen LogP contribution in [0.1, 0.15) is 23.3 Å². The molecule has 1 aliphatic rings. The van der Waals surface area contributed by atoms with Gasteiger partial charge in [-0.2, -0.15) is 0 Å². The molecule has 0 radical (unpaired) electrons. The summed E-state index contributed by atoms with van der Waals surface area (Å²) < 4.78 is 0. The third kappa shape index (κ3) is 3.49. The molecule has 6 nitrogen and oxygen atoms in total. The van der Waals surface area contributed by atoms with E-state index in [4.69, 9.17) is 23.2 Å². The van der Waals surface area contributed by atoms with Crippen molar-refractivity contribution in [2.75, 3.05) is 11.9 Å². The molecule has 0 spiro atoms. The number of rotatable bonds is 3. The number of anilines is 1. The molecule has 1 aromatic heterocycles. The van der Waals surface area contributed by atoms with Crippen molar-refractivity contribution in [1.29, 1.82) is 0 Å². The van der Waals surface area contributed by atoms with Crippen LogP contribution >= 0.6 is 23.2 Å². The number of aromatic nitrogens is 2. The van der Waals surface area contributed by atoms with Gasteiger partial charge >= 0.3 is 0 Å². The minimum absolute atomic E-state index is 0.220. The van der Waals surface area contributed by atoms with Gasteiger partial charge in [0.1, 0.15) is 11.7 Å². The van der Waals surface area contributed by atoms with E-state index in [0.29, 0.717) is 28.7 Å². The van der Waals surface area contributed by atoms with Gasteiger partial charge in [-0.15, -0.1) is 0 Å². The minimum Gasteiger partial charge on any atom is -0.325 e. The quantitative estimate of drug-likeness (QED) is 0.907. The first kappa shape index (κ1) is 16.7. The van der Waals surface area contributed by atoms with Gasteiger partial charge in [-0.1, -0.05) is 23.2 Å². The van der Waals surface area contributed by atoms with Crippen molar-refractivity contribution in [2.24, 2.45) is 0 Å². The molecule has 1 saturated heterocycles. The monoisotopic (exact) mass is 364 g/mol. The average molecular weight is 365 g/mol. The van der Waals surface area contributed by atoms with Gasteiger partial charge < -0.3 is 10.2 Å². The van der Waals surface area contributed by atoms with E-state index in [0.717, 1.165) is 6.42 Å². The van der Waals surface area contributed by atoms with Crippen LogP contribution in [0.5, 0.6) is 0 Å².